The molecule has 0 aromatic carbocycles. The van der Waals surface area contributed by atoms with Crippen molar-refractivity contribution in [2.75, 3.05) is 6.54 Å². The van der Waals surface area contributed by atoms with Crippen molar-refractivity contribution >= 4 is 5.91 Å². The Hall–Kier alpha value is -0.570. The molecule has 0 radical (unpaired) electrons. The summed E-state index contributed by atoms with van der Waals surface area (Å²) in [7, 11) is 0. The first-order valence-electron chi connectivity index (χ1n) is 4.04. The number of carbonyl (C=O) groups excluding carboxylic acids is 1. The van der Waals surface area contributed by atoms with E-state index in [2.05, 4.69) is 19.2 Å². The van der Waals surface area contributed by atoms with Crippen molar-refractivity contribution in [2.24, 2.45) is 11.1 Å². The van der Waals surface area contributed by atoms with E-state index in [9.17, 15) is 4.79 Å². The molecule has 1 saturated heterocycles. The van der Waals surface area contributed by atoms with E-state index < -0.39 is 0 Å². The minimum atomic E-state index is -0.224. The lowest BCUT2D eigenvalue weighted by molar-refractivity contribution is -0.121. The van der Waals surface area contributed by atoms with Crippen molar-refractivity contribution in [1.29, 1.82) is 0 Å². The molecule has 0 spiro atoms. The number of piperidine rings is 1. The Bertz CT molecular complexity index is 165. The van der Waals surface area contributed by atoms with Crippen LogP contribution in [0.15, 0.2) is 0 Å². The zero-order chi connectivity index (χ0) is 8.48. The molecule has 11 heavy (non-hydrogen) atoms. The van der Waals surface area contributed by atoms with Gasteiger partial charge in [0.15, 0.2) is 0 Å². The van der Waals surface area contributed by atoms with Gasteiger partial charge in [0.05, 0.1) is 6.04 Å². The van der Waals surface area contributed by atoms with E-state index in [0.29, 0.717) is 0 Å². The summed E-state index contributed by atoms with van der Waals surface area (Å²) in [6.07, 6.45) is 1.99. The van der Waals surface area contributed by atoms with E-state index in [4.69, 9.17) is 5.73 Å². The summed E-state index contributed by atoms with van der Waals surface area (Å²) < 4.78 is 0. The second-order valence-electron chi connectivity index (χ2n) is 4.03. The maximum absolute atomic E-state index is 10.8. The van der Waals surface area contributed by atoms with E-state index in [0.717, 1.165) is 19.4 Å². The Balaban J connectivity index is 2.53. The Labute approximate surface area is 67.3 Å². The van der Waals surface area contributed by atoms with Gasteiger partial charge in [-0.2, -0.15) is 0 Å². The third-order valence-corrected chi connectivity index (χ3v) is 2.29. The van der Waals surface area contributed by atoms with Gasteiger partial charge in [-0.15, -0.1) is 0 Å². The van der Waals surface area contributed by atoms with Crippen LogP contribution in [0.3, 0.4) is 0 Å². The van der Waals surface area contributed by atoms with E-state index >= 15 is 0 Å². The first-order chi connectivity index (χ1) is 5.01. The largest absolute Gasteiger partial charge is 0.368 e. The highest BCUT2D eigenvalue weighted by atomic mass is 16.1. The number of carbonyl (C=O) groups is 1. The van der Waals surface area contributed by atoms with Crippen LogP contribution in [0.1, 0.15) is 26.7 Å². The molecular formula is C8H16N2O. The number of hydrogen-bond donors (Lipinski definition) is 2. The quantitative estimate of drug-likeness (QED) is 0.571. The van der Waals surface area contributed by atoms with Crippen LogP contribution in [-0.4, -0.2) is 18.5 Å². The maximum atomic E-state index is 10.8. The minimum Gasteiger partial charge on any atom is -0.368 e. The fourth-order valence-electron chi connectivity index (χ4n) is 1.51. The van der Waals surface area contributed by atoms with Crippen LogP contribution in [0.25, 0.3) is 0 Å². The Morgan fingerprint density at radius 2 is 2.27 bits per heavy atom. The summed E-state index contributed by atoms with van der Waals surface area (Å²) in [6.45, 7) is 5.24. The molecule has 1 heterocycles. The van der Waals surface area contributed by atoms with Gasteiger partial charge in [-0.3, -0.25) is 4.79 Å². The van der Waals surface area contributed by atoms with Crippen LogP contribution in [0, 0.1) is 5.41 Å². The SMILES string of the molecule is CC1(C)CCNC(C(N)=O)C1. The highest BCUT2D eigenvalue weighted by molar-refractivity contribution is 5.80. The summed E-state index contributed by atoms with van der Waals surface area (Å²) in [5, 5.41) is 3.10. The molecule has 3 heteroatoms. The maximum Gasteiger partial charge on any atom is 0.234 e. The molecule has 1 unspecified atom stereocenters. The van der Waals surface area contributed by atoms with Crippen molar-refractivity contribution in [3.63, 3.8) is 0 Å². The number of nitrogens with two attached hydrogens (primary N) is 1. The highest BCUT2D eigenvalue weighted by Crippen LogP contribution is 2.29. The van der Waals surface area contributed by atoms with Gasteiger partial charge < -0.3 is 11.1 Å². The molecule has 0 aromatic heterocycles. The normalized spacial score (nSPS) is 29.8. The van der Waals surface area contributed by atoms with Gasteiger partial charge in [0.25, 0.3) is 0 Å². The van der Waals surface area contributed by atoms with Gasteiger partial charge in [-0.05, 0) is 24.8 Å². The molecule has 64 valence electrons. The predicted octanol–water partition coefficient (Wildman–Crippen LogP) is 0.250. The molecule has 1 fully saturated rings. The van der Waals surface area contributed by atoms with Gasteiger partial charge in [0.1, 0.15) is 0 Å². The lowest BCUT2D eigenvalue weighted by Crippen LogP contribution is -2.49. The van der Waals surface area contributed by atoms with Gasteiger partial charge >= 0.3 is 0 Å². The summed E-state index contributed by atoms with van der Waals surface area (Å²) in [5.41, 5.74) is 5.46. The zero-order valence-corrected chi connectivity index (χ0v) is 7.18. The third-order valence-electron chi connectivity index (χ3n) is 2.29. The number of primary amides is 1. The van der Waals surface area contributed by atoms with E-state index in [1.165, 1.54) is 0 Å². The molecule has 3 N–H and O–H groups in total. The van der Waals surface area contributed by atoms with Gasteiger partial charge in [-0.25, -0.2) is 0 Å². The molecule has 3 nitrogen and oxygen atoms in total. The molecular weight excluding hydrogens is 140 g/mol. The second-order valence-corrected chi connectivity index (χ2v) is 4.03. The topological polar surface area (TPSA) is 55.1 Å². The Kier molecular flexibility index (Phi) is 2.18. The lowest BCUT2D eigenvalue weighted by Gasteiger charge is -2.34. The summed E-state index contributed by atoms with van der Waals surface area (Å²) >= 11 is 0. The average Bonchev–Trinajstić information content (AvgIpc) is 1.85. The number of rotatable bonds is 1. The van der Waals surface area contributed by atoms with Crippen LogP contribution in [0.2, 0.25) is 0 Å². The predicted molar refractivity (Wildman–Crippen MR) is 44.0 cm³/mol. The zero-order valence-electron chi connectivity index (χ0n) is 7.18. The second kappa shape index (κ2) is 2.81. The molecule has 0 aliphatic carbocycles. The van der Waals surface area contributed by atoms with Gasteiger partial charge in [0, 0.05) is 0 Å². The standard InChI is InChI=1S/C8H16N2O/c1-8(2)3-4-10-6(5-8)7(9)11/h6,10H,3-5H2,1-2H3,(H2,9,11). The molecule has 1 amide bonds. The van der Waals surface area contributed by atoms with Gasteiger partial charge in [0.2, 0.25) is 5.91 Å². The molecule has 0 aromatic rings. The molecule has 0 bridgehead atoms. The van der Waals surface area contributed by atoms with Crippen LogP contribution in [0.5, 0.6) is 0 Å². The third kappa shape index (κ3) is 2.19. The molecule has 1 aliphatic heterocycles. The van der Waals surface area contributed by atoms with Crippen LogP contribution >= 0.6 is 0 Å². The fraction of sp³-hybridized carbons (Fsp3) is 0.875. The summed E-state index contributed by atoms with van der Waals surface area (Å²) in [5.74, 6) is -0.224. The molecule has 0 saturated carbocycles. The average molecular weight is 156 g/mol. The van der Waals surface area contributed by atoms with E-state index in [-0.39, 0.29) is 17.4 Å². The van der Waals surface area contributed by atoms with Crippen molar-refractivity contribution < 1.29 is 4.79 Å². The monoisotopic (exact) mass is 156 g/mol. The highest BCUT2D eigenvalue weighted by Gasteiger charge is 2.30. The smallest absolute Gasteiger partial charge is 0.234 e. The minimum absolute atomic E-state index is 0.112. The molecule has 1 rings (SSSR count). The molecule has 1 atom stereocenters. The van der Waals surface area contributed by atoms with E-state index in [1.54, 1.807) is 0 Å². The fourth-order valence-corrected chi connectivity index (χ4v) is 1.51. The Morgan fingerprint density at radius 1 is 1.64 bits per heavy atom. The Morgan fingerprint density at radius 3 is 2.64 bits per heavy atom. The van der Waals surface area contributed by atoms with Crippen molar-refractivity contribution in [3.05, 3.63) is 0 Å². The van der Waals surface area contributed by atoms with Crippen molar-refractivity contribution in [2.45, 2.75) is 32.7 Å². The first-order valence-corrected chi connectivity index (χ1v) is 4.04. The first kappa shape index (κ1) is 8.53. The number of hydrogen-bond acceptors (Lipinski definition) is 2. The van der Waals surface area contributed by atoms with Crippen molar-refractivity contribution in [3.8, 4) is 0 Å². The molecule has 1 aliphatic rings. The lowest BCUT2D eigenvalue weighted by atomic mass is 9.79. The van der Waals surface area contributed by atoms with E-state index in [1.807, 2.05) is 0 Å². The van der Waals surface area contributed by atoms with Gasteiger partial charge in [-0.1, -0.05) is 13.8 Å². The van der Waals surface area contributed by atoms with Crippen LogP contribution in [0.4, 0.5) is 0 Å². The van der Waals surface area contributed by atoms with Crippen LogP contribution < -0.4 is 11.1 Å². The summed E-state index contributed by atoms with van der Waals surface area (Å²) in [6, 6.07) is -0.112. The number of amides is 1. The van der Waals surface area contributed by atoms with Crippen molar-refractivity contribution in [1.82, 2.24) is 5.32 Å². The van der Waals surface area contributed by atoms with Crippen LogP contribution in [-0.2, 0) is 4.79 Å². The number of nitrogens with one attached hydrogen (secondary N) is 1. The summed E-state index contributed by atoms with van der Waals surface area (Å²) in [4.78, 5) is 10.8.